The largest absolute Gasteiger partial charge is 0.483 e. The van der Waals surface area contributed by atoms with E-state index in [9.17, 15) is 0 Å². The second-order valence-corrected chi connectivity index (χ2v) is 4.51. The predicted octanol–water partition coefficient (Wildman–Crippen LogP) is 2.92. The van der Waals surface area contributed by atoms with Gasteiger partial charge in [-0.1, -0.05) is 30.3 Å². The van der Waals surface area contributed by atoms with Gasteiger partial charge in [0.1, 0.15) is 11.9 Å². The smallest absolute Gasteiger partial charge is 0.139 e. The van der Waals surface area contributed by atoms with E-state index in [0.29, 0.717) is 12.3 Å². The lowest BCUT2D eigenvalue weighted by Gasteiger charge is -2.17. The van der Waals surface area contributed by atoms with Gasteiger partial charge in [0, 0.05) is 17.2 Å². The fourth-order valence-corrected chi connectivity index (χ4v) is 1.88. The van der Waals surface area contributed by atoms with Crippen molar-refractivity contribution in [3.63, 3.8) is 0 Å². The van der Waals surface area contributed by atoms with E-state index >= 15 is 0 Å². The van der Waals surface area contributed by atoms with Gasteiger partial charge in [-0.25, -0.2) is 0 Å². The molecule has 88 valence electrons. The van der Waals surface area contributed by atoms with E-state index < -0.39 is 0 Å². The van der Waals surface area contributed by atoms with E-state index in [0.717, 1.165) is 10.0 Å². The standard InChI is InChI=1S/C13H13BrN2O/c14-11-6-12(9-16-8-11)17-13(7-15)10-4-2-1-3-5-10/h1-6,8-9,13H,7,15H2/t13-/m1/s1. The van der Waals surface area contributed by atoms with Crippen LogP contribution >= 0.6 is 15.9 Å². The van der Waals surface area contributed by atoms with E-state index in [1.165, 1.54) is 0 Å². The highest BCUT2D eigenvalue weighted by Gasteiger charge is 2.11. The van der Waals surface area contributed by atoms with Crippen LogP contribution in [-0.4, -0.2) is 11.5 Å². The number of hydrogen-bond donors (Lipinski definition) is 1. The molecular formula is C13H13BrN2O. The summed E-state index contributed by atoms with van der Waals surface area (Å²) in [6.07, 6.45) is 3.25. The maximum absolute atomic E-state index is 5.81. The van der Waals surface area contributed by atoms with Crippen LogP contribution in [0.25, 0.3) is 0 Å². The van der Waals surface area contributed by atoms with Crippen molar-refractivity contribution in [3.8, 4) is 5.75 Å². The zero-order valence-electron chi connectivity index (χ0n) is 9.21. The SMILES string of the molecule is NC[C@@H](Oc1cncc(Br)c1)c1ccccc1. The molecule has 1 atom stereocenters. The molecule has 4 heteroatoms. The summed E-state index contributed by atoms with van der Waals surface area (Å²) in [5.41, 5.74) is 6.80. The topological polar surface area (TPSA) is 48.1 Å². The number of nitrogens with two attached hydrogens (primary N) is 1. The van der Waals surface area contributed by atoms with Crippen molar-refractivity contribution in [2.45, 2.75) is 6.10 Å². The second kappa shape index (κ2) is 5.80. The van der Waals surface area contributed by atoms with Gasteiger partial charge in [0.05, 0.1) is 6.20 Å². The summed E-state index contributed by atoms with van der Waals surface area (Å²) in [5.74, 6) is 0.707. The Morgan fingerprint density at radius 1 is 1.24 bits per heavy atom. The maximum atomic E-state index is 5.81. The highest BCUT2D eigenvalue weighted by molar-refractivity contribution is 9.10. The number of ether oxygens (including phenoxy) is 1. The van der Waals surface area contributed by atoms with Gasteiger partial charge in [-0.15, -0.1) is 0 Å². The first-order valence-corrected chi connectivity index (χ1v) is 6.11. The summed E-state index contributed by atoms with van der Waals surface area (Å²) >= 11 is 3.36. The van der Waals surface area contributed by atoms with Crippen molar-refractivity contribution in [2.75, 3.05) is 6.54 Å². The molecule has 1 heterocycles. The fourth-order valence-electron chi connectivity index (χ4n) is 1.54. The number of nitrogens with zero attached hydrogens (tertiary/aromatic N) is 1. The van der Waals surface area contributed by atoms with E-state index in [4.69, 9.17) is 10.5 Å². The minimum atomic E-state index is -0.146. The number of aromatic nitrogens is 1. The Hall–Kier alpha value is -1.39. The van der Waals surface area contributed by atoms with Crippen LogP contribution in [0.1, 0.15) is 11.7 Å². The number of hydrogen-bond acceptors (Lipinski definition) is 3. The Labute approximate surface area is 109 Å². The zero-order valence-corrected chi connectivity index (χ0v) is 10.8. The first-order valence-electron chi connectivity index (χ1n) is 5.32. The molecule has 0 fully saturated rings. The normalized spacial score (nSPS) is 12.1. The Balaban J connectivity index is 2.16. The number of pyridine rings is 1. The molecule has 0 saturated carbocycles. The van der Waals surface area contributed by atoms with Gasteiger partial charge in [0.2, 0.25) is 0 Å². The van der Waals surface area contributed by atoms with Crippen LogP contribution in [0.5, 0.6) is 5.75 Å². The molecule has 1 aromatic heterocycles. The van der Waals surface area contributed by atoms with Crippen molar-refractivity contribution < 1.29 is 4.74 Å². The number of rotatable bonds is 4. The summed E-state index contributed by atoms with van der Waals surface area (Å²) in [5, 5.41) is 0. The molecule has 17 heavy (non-hydrogen) atoms. The van der Waals surface area contributed by atoms with Gasteiger partial charge in [0.25, 0.3) is 0 Å². The lowest BCUT2D eigenvalue weighted by Crippen LogP contribution is -2.18. The fraction of sp³-hybridized carbons (Fsp3) is 0.154. The summed E-state index contributed by atoms with van der Waals surface area (Å²) in [7, 11) is 0. The Bertz CT molecular complexity index is 476. The molecule has 0 saturated heterocycles. The van der Waals surface area contributed by atoms with Crippen LogP contribution in [0.4, 0.5) is 0 Å². The summed E-state index contributed by atoms with van der Waals surface area (Å²) in [6.45, 7) is 0.427. The number of benzene rings is 1. The summed E-state index contributed by atoms with van der Waals surface area (Å²) in [4.78, 5) is 4.05. The molecule has 0 radical (unpaired) electrons. The van der Waals surface area contributed by atoms with E-state index in [1.807, 2.05) is 36.4 Å². The molecule has 0 aliphatic heterocycles. The minimum absolute atomic E-state index is 0.146. The lowest BCUT2D eigenvalue weighted by atomic mass is 10.1. The monoisotopic (exact) mass is 292 g/mol. The average molecular weight is 293 g/mol. The molecule has 0 bridgehead atoms. The van der Waals surface area contributed by atoms with Crippen LogP contribution < -0.4 is 10.5 Å². The van der Waals surface area contributed by atoms with Gasteiger partial charge >= 0.3 is 0 Å². The van der Waals surface area contributed by atoms with Crippen molar-refractivity contribution >= 4 is 15.9 Å². The third kappa shape index (κ3) is 3.28. The van der Waals surface area contributed by atoms with Crippen molar-refractivity contribution in [1.82, 2.24) is 4.98 Å². The highest BCUT2D eigenvalue weighted by atomic mass is 79.9. The number of halogens is 1. The molecule has 0 amide bonds. The van der Waals surface area contributed by atoms with E-state index in [-0.39, 0.29) is 6.10 Å². The van der Waals surface area contributed by atoms with Crippen LogP contribution in [-0.2, 0) is 0 Å². The van der Waals surface area contributed by atoms with Crippen LogP contribution in [0, 0.1) is 0 Å². The molecular weight excluding hydrogens is 280 g/mol. The molecule has 0 unspecified atom stereocenters. The molecule has 0 spiro atoms. The summed E-state index contributed by atoms with van der Waals surface area (Å²) < 4.78 is 6.70. The van der Waals surface area contributed by atoms with Crippen molar-refractivity contribution in [1.29, 1.82) is 0 Å². The first kappa shape index (κ1) is 12.1. The van der Waals surface area contributed by atoms with Gasteiger partial charge in [-0.2, -0.15) is 0 Å². The average Bonchev–Trinajstić information content (AvgIpc) is 2.37. The molecule has 3 nitrogen and oxygen atoms in total. The highest BCUT2D eigenvalue weighted by Crippen LogP contribution is 2.22. The second-order valence-electron chi connectivity index (χ2n) is 3.59. The zero-order chi connectivity index (χ0) is 12.1. The van der Waals surface area contributed by atoms with Crippen LogP contribution in [0.15, 0.2) is 53.3 Å². The molecule has 0 aliphatic carbocycles. The molecule has 0 aliphatic rings. The molecule has 2 rings (SSSR count). The molecule has 2 aromatic rings. The van der Waals surface area contributed by atoms with Gasteiger partial charge in [-0.3, -0.25) is 4.98 Å². The summed E-state index contributed by atoms with van der Waals surface area (Å²) in [6, 6.07) is 11.8. The Kier molecular flexibility index (Phi) is 4.12. The predicted molar refractivity (Wildman–Crippen MR) is 70.8 cm³/mol. The van der Waals surface area contributed by atoms with Crippen LogP contribution in [0.3, 0.4) is 0 Å². The van der Waals surface area contributed by atoms with E-state index in [1.54, 1.807) is 12.4 Å². The maximum Gasteiger partial charge on any atom is 0.139 e. The van der Waals surface area contributed by atoms with Gasteiger partial charge < -0.3 is 10.5 Å². The van der Waals surface area contributed by atoms with Crippen molar-refractivity contribution in [3.05, 3.63) is 58.8 Å². The third-order valence-electron chi connectivity index (χ3n) is 2.34. The quantitative estimate of drug-likeness (QED) is 0.943. The van der Waals surface area contributed by atoms with Gasteiger partial charge in [0.15, 0.2) is 0 Å². The lowest BCUT2D eigenvalue weighted by molar-refractivity contribution is 0.213. The minimum Gasteiger partial charge on any atom is -0.483 e. The van der Waals surface area contributed by atoms with Crippen molar-refractivity contribution in [2.24, 2.45) is 5.73 Å². The van der Waals surface area contributed by atoms with Gasteiger partial charge in [-0.05, 0) is 27.6 Å². The first-order chi connectivity index (χ1) is 8.29. The Morgan fingerprint density at radius 3 is 2.65 bits per heavy atom. The van der Waals surface area contributed by atoms with E-state index in [2.05, 4.69) is 20.9 Å². The molecule has 1 aromatic carbocycles. The Morgan fingerprint density at radius 2 is 2.00 bits per heavy atom. The van der Waals surface area contributed by atoms with Crippen LogP contribution in [0.2, 0.25) is 0 Å². The molecule has 2 N–H and O–H groups in total. The third-order valence-corrected chi connectivity index (χ3v) is 2.78.